The average molecular weight is 237 g/mol. The van der Waals surface area contributed by atoms with Crippen LogP contribution in [0, 0.1) is 0 Å². The van der Waals surface area contributed by atoms with Gasteiger partial charge in [-0.1, -0.05) is 52.0 Å². The van der Waals surface area contributed by atoms with Crippen LogP contribution in [0.1, 0.15) is 71.1 Å². The molecule has 0 aromatic carbocycles. The van der Waals surface area contributed by atoms with E-state index in [9.17, 15) is 4.79 Å². The van der Waals surface area contributed by atoms with Gasteiger partial charge in [0.15, 0.2) is 0 Å². The number of amides is 1. The summed E-state index contributed by atoms with van der Waals surface area (Å²) in [6, 6.07) is 0. The number of likely N-dealkylation sites (tertiary alicyclic amines) is 1. The minimum absolute atomic E-state index is 0.276. The molecule has 0 spiro atoms. The van der Waals surface area contributed by atoms with Crippen LogP contribution in [0.25, 0.3) is 0 Å². The van der Waals surface area contributed by atoms with Gasteiger partial charge in [-0.3, -0.25) is 4.79 Å². The molecule has 1 saturated heterocycles. The second kappa shape index (κ2) is 8.32. The predicted octanol–water partition coefficient (Wildman–Crippen LogP) is 4.26. The summed E-state index contributed by atoms with van der Waals surface area (Å²) in [6.45, 7) is 7.18. The zero-order chi connectivity index (χ0) is 12.5. The van der Waals surface area contributed by atoms with Crippen LogP contribution < -0.4 is 0 Å². The largest absolute Gasteiger partial charge is 0.317 e. The molecule has 1 heterocycles. The SMILES string of the molecule is C=C(CCCCCCCCC)N1CCCC1=O. The van der Waals surface area contributed by atoms with Gasteiger partial charge in [-0.2, -0.15) is 0 Å². The summed E-state index contributed by atoms with van der Waals surface area (Å²) in [5.74, 6) is 0.276. The lowest BCUT2D eigenvalue weighted by Gasteiger charge is -2.18. The molecule has 0 atom stereocenters. The number of unbranched alkanes of at least 4 members (excludes halogenated alkanes) is 6. The molecule has 0 aromatic heterocycles. The minimum atomic E-state index is 0.276. The summed E-state index contributed by atoms with van der Waals surface area (Å²) in [6.07, 6.45) is 12.0. The van der Waals surface area contributed by atoms with Crippen LogP contribution in [-0.4, -0.2) is 17.4 Å². The zero-order valence-electron chi connectivity index (χ0n) is 11.3. The van der Waals surface area contributed by atoms with Gasteiger partial charge in [0.05, 0.1) is 0 Å². The van der Waals surface area contributed by atoms with Gasteiger partial charge in [-0.15, -0.1) is 0 Å². The van der Waals surface area contributed by atoms with E-state index in [-0.39, 0.29) is 5.91 Å². The number of hydrogen-bond donors (Lipinski definition) is 0. The van der Waals surface area contributed by atoms with Gasteiger partial charge in [-0.05, 0) is 19.3 Å². The van der Waals surface area contributed by atoms with Crippen molar-refractivity contribution in [2.75, 3.05) is 6.54 Å². The van der Waals surface area contributed by atoms with Crippen LogP contribution in [0.15, 0.2) is 12.3 Å². The van der Waals surface area contributed by atoms with Crippen molar-refractivity contribution in [2.24, 2.45) is 0 Å². The number of carbonyl (C=O) groups is 1. The molecule has 1 rings (SSSR count). The van der Waals surface area contributed by atoms with Crippen molar-refractivity contribution in [3.63, 3.8) is 0 Å². The van der Waals surface area contributed by atoms with E-state index in [0.717, 1.165) is 31.5 Å². The van der Waals surface area contributed by atoms with Crippen LogP contribution in [0.4, 0.5) is 0 Å². The van der Waals surface area contributed by atoms with Gasteiger partial charge < -0.3 is 4.90 Å². The van der Waals surface area contributed by atoms with Gasteiger partial charge >= 0.3 is 0 Å². The Kier molecular flexibility index (Phi) is 6.99. The van der Waals surface area contributed by atoms with E-state index in [0.29, 0.717) is 0 Å². The fourth-order valence-electron chi connectivity index (χ4n) is 2.40. The number of hydrogen-bond acceptors (Lipinski definition) is 1. The Hall–Kier alpha value is -0.790. The Labute approximate surface area is 106 Å². The lowest BCUT2D eigenvalue weighted by atomic mass is 10.1. The normalized spacial score (nSPS) is 15.6. The maximum atomic E-state index is 11.5. The molecule has 0 radical (unpaired) electrons. The van der Waals surface area contributed by atoms with Crippen molar-refractivity contribution >= 4 is 5.91 Å². The van der Waals surface area contributed by atoms with Gasteiger partial charge in [-0.25, -0.2) is 0 Å². The molecule has 0 saturated carbocycles. The highest BCUT2D eigenvalue weighted by Crippen LogP contribution is 2.19. The van der Waals surface area contributed by atoms with Gasteiger partial charge in [0.2, 0.25) is 5.91 Å². The van der Waals surface area contributed by atoms with Crippen molar-refractivity contribution < 1.29 is 4.79 Å². The molecule has 1 amide bonds. The van der Waals surface area contributed by atoms with Crippen LogP contribution in [0.5, 0.6) is 0 Å². The first kappa shape index (κ1) is 14.3. The molecule has 1 fully saturated rings. The van der Waals surface area contributed by atoms with Crippen LogP contribution >= 0.6 is 0 Å². The van der Waals surface area contributed by atoms with E-state index in [4.69, 9.17) is 0 Å². The molecular formula is C15H27NO. The molecule has 98 valence electrons. The average Bonchev–Trinajstić information content (AvgIpc) is 2.74. The van der Waals surface area contributed by atoms with E-state index in [1.165, 1.54) is 44.9 Å². The molecule has 0 unspecified atom stereocenters. The van der Waals surface area contributed by atoms with Gasteiger partial charge in [0.1, 0.15) is 0 Å². The van der Waals surface area contributed by atoms with Crippen molar-refractivity contribution in [1.82, 2.24) is 4.90 Å². The summed E-state index contributed by atoms with van der Waals surface area (Å²) >= 11 is 0. The first-order chi connectivity index (χ1) is 8.25. The highest BCUT2D eigenvalue weighted by atomic mass is 16.2. The molecule has 0 N–H and O–H groups in total. The van der Waals surface area contributed by atoms with E-state index in [1.54, 1.807) is 0 Å². The van der Waals surface area contributed by atoms with Crippen molar-refractivity contribution in [1.29, 1.82) is 0 Å². The van der Waals surface area contributed by atoms with Crippen molar-refractivity contribution in [2.45, 2.75) is 71.1 Å². The Balaban J connectivity index is 1.99. The Bertz CT molecular complexity index is 247. The number of allylic oxidation sites excluding steroid dienone is 1. The second-order valence-electron chi connectivity index (χ2n) is 5.09. The topological polar surface area (TPSA) is 20.3 Å². The Morgan fingerprint density at radius 3 is 2.41 bits per heavy atom. The monoisotopic (exact) mass is 237 g/mol. The van der Waals surface area contributed by atoms with E-state index in [2.05, 4.69) is 13.5 Å². The van der Waals surface area contributed by atoms with E-state index in [1.807, 2.05) is 4.90 Å². The molecule has 0 aromatic rings. The molecule has 0 bridgehead atoms. The molecule has 0 aliphatic carbocycles. The minimum Gasteiger partial charge on any atom is -0.317 e. The molecule has 17 heavy (non-hydrogen) atoms. The molecule has 1 aliphatic heterocycles. The number of nitrogens with zero attached hydrogens (tertiary/aromatic N) is 1. The van der Waals surface area contributed by atoms with Crippen molar-refractivity contribution in [3.05, 3.63) is 12.3 Å². The fourth-order valence-corrected chi connectivity index (χ4v) is 2.40. The molecule has 2 heteroatoms. The zero-order valence-corrected chi connectivity index (χ0v) is 11.3. The third kappa shape index (κ3) is 5.38. The maximum Gasteiger partial charge on any atom is 0.226 e. The quantitative estimate of drug-likeness (QED) is 0.549. The summed E-state index contributed by atoms with van der Waals surface area (Å²) in [5, 5.41) is 0. The standard InChI is InChI=1S/C15H27NO/c1-3-4-5-6-7-8-9-11-14(2)16-13-10-12-15(16)17/h2-13H2,1H3. The fraction of sp³-hybridized carbons (Fsp3) is 0.800. The van der Waals surface area contributed by atoms with Gasteiger partial charge in [0.25, 0.3) is 0 Å². The van der Waals surface area contributed by atoms with E-state index >= 15 is 0 Å². The highest BCUT2D eigenvalue weighted by Gasteiger charge is 2.21. The third-order valence-corrected chi connectivity index (χ3v) is 3.52. The maximum absolute atomic E-state index is 11.5. The summed E-state index contributed by atoms with van der Waals surface area (Å²) in [5.41, 5.74) is 1.04. The third-order valence-electron chi connectivity index (χ3n) is 3.52. The van der Waals surface area contributed by atoms with Crippen molar-refractivity contribution in [3.8, 4) is 0 Å². The number of carbonyl (C=O) groups excluding carboxylic acids is 1. The summed E-state index contributed by atoms with van der Waals surface area (Å²) in [4.78, 5) is 13.4. The summed E-state index contributed by atoms with van der Waals surface area (Å²) in [7, 11) is 0. The van der Waals surface area contributed by atoms with E-state index < -0.39 is 0 Å². The lowest BCUT2D eigenvalue weighted by molar-refractivity contribution is -0.126. The molecular weight excluding hydrogens is 210 g/mol. The first-order valence-electron chi connectivity index (χ1n) is 7.24. The Morgan fingerprint density at radius 1 is 1.18 bits per heavy atom. The smallest absolute Gasteiger partial charge is 0.226 e. The molecule has 2 nitrogen and oxygen atoms in total. The van der Waals surface area contributed by atoms with Gasteiger partial charge in [0, 0.05) is 18.7 Å². The predicted molar refractivity (Wildman–Crippen MR) is 72.7 cm³/mol. The second-order valence-corrected chi connectivity index (χ2v) is 5.09. The summed E-state index contributed by atoms with van der Waals surface area (Å²) < 4.78 is 0. The highest BCUT2D eigenvalue weighted by molar-refractivity contribution is 5.79. The number of rotatable bonds is 9. The van der Waals surface area contributed by atoms with Crippen LogP contribution in [0.3, 0.4) is 0 Å². The molecule has 1 aliphatic rings. The van der Waals surface area contributed by atoms with Crippen LogP contribution in [-0.2, 0) is 4.79 Å². The Morgan fingerprint density at radius 2 is 1.82 bits per heavy atom. The first-order valence-corrected chi connectivity index (χ1v) is 7.24. The lowest BCUT2D eigenvalue weighted by Crippen LogP contribution is -2.23. The van der Waals surface area contributed by atoms with Crippen LogP contribution in [0.2, 0.25) is 0 Å².